The molecule has 0 aliphatic carbocycles. The third-order valence-corrected chi connectivity index (χ3v) is 11.8. The van der Waals surface area contributed by atoms with Crippen LogP contribution >= 0.6 is 0 Å². The summed E-state index contributed by atoms with van der Waals surface area (Å²) in [4.78, 5) is 38.0. The van der Waals surface area contributed by atoms with Gasteiger partial charge in [0.2, 0.25) is 0 Å². The Hall–Kier alpha value is -2.37. The molecule has 0 heterocycles. The molecule has 0 aromatic rings. The first kappa shape index (κ1) is 59.6. The average Bonchev–Trinajstić information content (AvgIpc) is 3.27. The quantitative estimate of drug-likeness (QED) is 0.0262. The smallest absolute Gasteiger partial charge is 0.306 e. The van der Waals surface area contributed by atoms with Gasteiger partial charge in [0.25, 0.3) is 0 Å². The van der Waals surface area contributed by atoms with Crippen LogP contribution in [0.1, 0.15) is 284 Å². The maximum absolute atomic E-state index is 12.8. The van der Waals surface area contributed by atoms with Gasteiger partial charge in [-0.15, -0.1) is 0 Å². The Morgan fingerprint density at radius 2 is 0.532 bits per heavy atom. The lowest BCUT2D eigenvalue weighted by molar-refractivity contribution is -0.167. The molecule has 0 radical (unpaired) electrons. The van der Waals surface area contributed by atoms with Crippen molar-refractivity contribution in [3.63, 3.8) is 0 Å². The van der Waals surface area contributed by atoms with Crippen molar-refractivity contribution in [1.82, 2.24) is 0 Å². The van der Waals surface area contributed by atoms with Crippen molar-refractivity contribution in [2.45, 2.75) is 290 Å². The predicted octanol–water partition coefficient (Wildman–Crippen LogP) is 17.7. The number of hydrogen-bond donors (Lipinski definition) is 0. The minimum absolute atomic E-state index is 0.0855. The lowest BCUT2D eigenvalue weighted by Crippen LogP contribution is -2.30. The Balaban J connectivity index is 4.40. The Kier molecular flexibility index (Phi) is 49.3. The molecule has 0 fully saturated rings. The third kappa shape index (κ3) is 48.7. The van der Waals surface area contributed by atoms with Gasteiger partial charge in [-0.2, -0.15) is 0 Å². The summed E-state index contributed by atoms with van der Waals surface area (Å²) in [6.45, 7) is 6.62. The first-order valence-electron chi connectivity index (χ1n) is 27.0. The van der Waals surface area contributed by atoms with E-state index >= 15 is 0 Å². The number of ether oxygens (including phenoxy) is 3. The molecule has 1 unspecified atom stereocenters. The fourth-order valence-corrected chi connectivity index (χ4v) is 7.72. The van der Waals surface area contributed by atoms with Gasteiger partial charge in [0.1, 0.15) is 13.2 Å². The summed E-state index contributed by atoms with van der Waals surface area (Å²) in [6.07, 6.45) is 59.9. The van der Waals surface area contributed by atoms with Gasteiger partial charge in [0, 0.05) is 19.3 Å². The Bertz CT molecular complexity index is 1050. The van der Waals surface area contributed by atoms with Crippen molar-refractivity contribution in [1.29, 1.82) is 0 Å². The van der Waals surface area contributed by atoms with E-state index < -0.39 is 6.10 Å². The number of hydrogen-bond acceptors (Lipinski definition) is 6. The van der Waals surface area contributed by atoms with Crippen LogP contribution in [0.5, 0.6) is 0 Å². The number of esters is 3. The van der Waals surface area contributed by atoms with E-state index in [1.54, 1.807) is 0 Å². The molecule has 0 saturated heterocycles. The molecule has 0 aliphatic rings. The van der Waals surface area contributed by atoms with E-state index in [0.29, 0.717) is 19.3 Å². The fourth-order valence-electron chi connectivity index (χ4n) is 7.72. The van der Waals surface area contributed by atoms with Crippen molar-refractivity contribution < 1.29 is 28.6 Å². The largest absolute Gasteiger partial charge is 0.462 e. The molecular weight excluding hydrogens is 769 g/mol. The van der Waals surface area contributed by atoms with Crippen LogP contribution < -0.4 is 0 Å². The number of allylic oxidation sites excluding steroid dienone is 6. The monoisotopic (exact) mass is 871 g/mol. The summed E-state index contributed by atoms with van der Waals surface area (Å²) < 4.78 is 16.8. The number of rotatable bonds is 49. The summed E-state index contributed by atoms with van der Waals surface area (Å²) >= 11 is 0. The summed E-state index contributed by atoms with van der Waals surface area (Å²) in [6, 6.07) is 0. The number of carbonyl (C=O) groups is 3. The molecule has 0 saturated carbocycles. The van der Waals surface area contributed by atoms with Crippen LogP contribution in [0.25, 0.3) is 0 Å². The molecule has 0 bridgehead atoms. The molecule has 0 aromatic heterocycles. The van der Waals surface area contributed by atoms with E-state index in [0.717, 1.165) is 89.9 Å². The van der Waals surface area contributed by atoms with Gasteiger partial charge in [-0.25, -0.2) is 0 Å². The summed E-state index contributed by atoms with van der Waals surface area (Å²) in [5.74, 6) is -0.915. The third-order valence-electron chi connectivity index (χ3n) is 11.8. The van der Waals surface area contributed by atoms with Crippen molar-refractivity contribution in [3.8, 4) is 0 Å². The van der Waals surface area contributed by atoms with Crippen LogP contribution in [0.15, 0.2) is 36.5 Å². The maximum atomic E-state index is 12.8. The lowest BCUT2D eigenvalue weighted by atomic mass is 10.1. The second-order valence-electron chi connectivity index (χ2n) is 18.1. The Morgan fingerprint density at radius 1 is 0.306 bits per heavy atom. The SMILES string of the molecule is CCCCCCCCC/C=C\CCCCCCCC(=O)OCC(COC(=O)CCCCC/C=C\CCCCCCCCC)OC(=O)CCCCC/C=C\CCCCCCCCC. The highest BCUT2D eigenvalue weighted by atomic mass is 16.6. The molecule has 0 spiro atoms. The summed E-state index contributed by atoms with van der Waals surface area (Å²) in [7, 11) is 0. The van der Waals surface area contributed by atoms with Crippen LogP contribution in [0.4, 0.5) is 0 Å². The first-order chi connectivity index (χ1) is 30.5. The summed E-state index contributed by atoms with van der Waals surface area (Å²) in [5.41, 5.74) is 0. The second-order valence-corrected chi connectivity index (χ2v) is 18.1. The lowest BCUT2D eigenvalue weighted by Gasteiger charge is -2.18. The topological polar surface area (TPSA) is 78.9 Å². The fraction of sp³-hybridized carbons (Fsp3) is 0.839. The Morgan fingerprint density at radius 3 is 0.823 bits per heavy atom. The van der Waals surface area contributed by atoms with Crippen molar-refractivity contribution in [2.24, 2.45) is 0 Å². The highest BCUT2D eigenvalue weighted by Crippen LogP contribution is 2.14. The molecule has 62 heavy (non-hydrogen) atoms. The van der Waals surface area contributed by atoms with Crippen LogP contribution in [0.2, 0.25) is 0 Å². The molecule has 362 valence electrons. The van der Waals surface area contributed by atoms with Gasteiger partial charge >= 0.3 is 17.9 Å². The van der Waals surface area contributed by atoms with Crippen LogP contribution in [-0.2, 0) is 28.6 Å². The van der Waals surface area contributed by atoms with Crippen LogP contribution in [0, 0.1) is 0 Å². The molecule has 0 rings (SSSR count). The zero-order valence-electron chi connectivity index (χ0n) is 41.4. The van der Waals surface area contributed by atoms with Crippen LogP contribution in [-0.4, -0.2) is 37.2 Å². The van der Waals surface area contributed by atoms with E-state index in [1.165, 1.54) is 154 Å². The Labute approximate surface area is 385 Å². The normalized spacial score (nSPS) is 12.2. The average molecular weight is 871 g/mol. The van der Waals surface area contributed by atoms with Gasteiger partial charge in [0.15, 0.2) is 6.10 Å². The van der Waals surface area contributed by atoms with Gasteiger partial charge in [-0.05, 0) is 96.3 Å². The van der Waals surface area contributed by atoms with E-state index in [4.69, 9.17) is 14.2 Å². The van der Waals surface area contributed by atoms with Gasteiger partial charge in [0.05, 0.1) is 0 Å². The molecule has 1 atom stereocenters. The molecule has 0 N–H and O–H groups in total. The highest BCUT2D eigenvalue weighted by Gasteiger charge is 2.19. The maximum Gasteiger partial charge on any atom is 0.306 e. The molecule has 6 heteroatoms. The van der Waals surface area contributed by atoms with Crippen LogP contribution in [0.3, 0.4) is 0 Å². The van der Waals surface area contributed by atoms with E-state index in [-0.39, 0.29) is 31.1 Å². The molecule has 0 aliphatic heterocycles. The predicted molar refractivity (Wildman–Crippen MR) is 266 cm³/mol. The summed E-state index contributed by atoms with van der Waals surface area (Å²) in [5, 5.41) is 0. The number of unbranched alkanes of at least 4 members (excludes halogenated alkanes) is 32. The van der Waals surface area contributed by atoms with Gasteiger partial charge in [-0.1, -0.05) is 205 Å². The van der Waals surface area contributed by atoms with Crippen molar-refractivity contribution in [3.05, 3.63) is 36.5 Å². The molecular formula is C56H102O6. The minimum atomic E-state index is -0.787. The highest BCUT2D eigenvalue weighted by molar-refractivity contribution is 5.71. The van der Waals surface area contributed by atoms with E-state index in [9.17, 15) is 14.4 Å². The number of carbonyl (C=O) groups excluding carboxylic acids is 3. The molecule has 6 nitrogen and oxygen atoms in total. The zero-order valence-corrected chi connectivity index (χ0v) is 41.4. The van der Waals surface area contributed by atoms with E-state index in [2.05, 4.69) is 57.2 Å². The molecule has 0 amide bonds. The minimum Gasteiger partial charge on any atom is -0.462 e. The van der Waals surface area contributed by atoms with E-state index in [1.807, 2.05) is 0 Å². The second kappa shape index (κ2) is 51.3. The zero-order chi connectivity index (χ0) is 45.1. The van der Waals surface area contributed by atoms with Crippen molar-refractivity contribution in [2.75, 3.05) is 13.2 Å². The standard InChI is InChI=1S/C56H102O6/c1-4-7-10-13-16-19-22-25-28-29-32-34-37-40-43-46-49-55(58)61-52-53(62-56(59)50-47-44-41-38-35-31-27-24-21-18-15-12-9-6-3)51-60-54(57)48-45-42-39-36-33-30-26-23-20-17-14-11-8-5-2/h28-31,33,35,53H,4-27,32,34,36-52H2,1-3H3/b29-28-,33-30-,35-31-. The van der Waals surface area contributed by atoms with Crippen molar-refractivity contribution >= 4 is 17.9 Å². The molecule has 0 aromatic carbocycles. The van der Waals surface area contributed by atoms with Gasteiger partial charge in [-0.3, -0.25) is 14.4 Å². The first-order valence-corrected chi connectivity index (χ1v) is 27.0. The van der Waals surface area contributed by atoms with Gasteiger partial charge < -0.3 is 14.2 Å².